The highest BCUT2D eigenvalue weighted by molar-refractivity contribution is 6.00. The molecule has 0 unspecified atom stereocenters. The highest BCUT2D eigenvalue weighted by atomic mass is 19.4. The Kier molecular flexibility index (Phi) is 6.41. The number of ether oxygens (including phenoxy) is 1. The lowest BCUT2D eigenvalue weighted by Gasteiger charge is -2.11. The normalized spacial score (nSPS) is 11.6. The summed E-state index contributed by atoms with van der Waals surface area (Å²) in [7, 11) is 1.83. The molecule has 6 rings (SSSR count). The fraction of sp³-hybridized carbons (Fsp3) is 0.0690. The molecule has 9 nitrogen and oxygen atoms in total. The summed E-state index contributed by atoms with van der Waals surface area (Å²) in [4.78, 5) is 25.3. The second-order valence-electron chi connectivity index (χ2n) is 9.25. The van der Waals surface area contributed by atoms with E-state index < -0.39 is 34.9 Å². The molecule has 0 aliphatic rings. The number of rotatable bonds is 6. The van der Waals surface area contributed by atoms with Crippen molar-refractivity contribution in [3.05, 3.63) is 103 Å². The first-order valence-electron chi connectivity index (χ1n) is 12.4. The molecule has 0 bridgehead atoms. The lowest BCUT2D eigenvalue weighted by molar-refractivity contribution is -0.143. The first-order valence-corrected chi connectivity index (χ1v) is 12.4. The van der Waals surface area contributed by atoms with Crippen LogP contribution in [0.25, 0.3) is 39.2 Å². The second-order valence-corrected chi connectivity index (χ2v) is 9.25. The van der Waals surface area contributed by atoms with Crippen LogP contribution in [0, 0.1) is 5.82 Å². The molecule has 0 aliphatic carbocycles. The van der Waals surface area contributed by atoms with Gasteiger partial charge < -0.3 is 15.0 Å². The van der Waals surface area contributed by atoms with Crippen LogP contribution >= 0.6 is 0 Å². The van der Waals surface area contributed by atoms with Crippen LogP contribution in [-0.2, 0) is 13.2 Å². The van der Waals surface area contributed by atoms with Gasteiger partial charge in [-0.1, -0.05) is 18.2 Å². The van der Waals surface area contributed by atoms with Gasteiger partial charge in [0.2, 0.25) is 0 Å². The Hall–Kier alpha value is -5.59. The molecular formula is C29H19F4N7O2. The van der Waals surface area contributed by atoms with Gasteiger partial charge in [0, 0.05) is 31.2 Å². The molecule has 2 N–H and O–H groups in total. The molecule has 0 aliphatic heterocycles. The summed E-state index contributed by atoms with van der Waals surface area (Å²) < 4.78 is 66.0. The number of hydrogen-bond donors (Lipinski definition) is 1. The van der Waals surface area contributed by atoms with Gasteiger partial charge in [0.15, 0.2) is 17.3 Å². The minimum absolute atomic E-state index is 0.0448. The van der Waals surface area contributed by atoms with Crippen LogP contribution in [-0.4, -0.2) is 35.2 Å². The van der Waals surface area contributed by atoms with Gasteiger partial charge in [-0.15, -0.1) is 0 Å². The maximum atomic E-state index is 15.4. The maximum Gasteiger partial charge on any atom is 0.434 e. The third kappa shape index (κ3) is 4.80. The van der Waals surface area contributed by atoms with E-state index in [4.69, 9.17) is 10.5 Å². The molecule has 2 aromatic carbocycles. The summed E-state index contributed by atoms with van der Waals surface area (Å²) in [5.74, 6) is -2.24. The van der Waals surface area contributed by atoms with Crippen LogP contribution in [0.15, 0.2) is 85.6 Å². The van der Waals surface area contributed by atoms with Crippen molar-refractivity contribution < 1.29 is 27.1 Å². The van der Waals surface area contributed by atoms with E-state index >= 15 is 4.39 Å². The topological polar surface area (TPSA) is 114 Å². The molecule has 4 aromatic heterocycles. The maximum absolute atomic E-state index is 15.4. The molecular weight excluding hydrogens is 554 g/mol. The number of benzene rings is 2. The lowest BCUT2D eigenvalue weighted by atomic mass is 10.0. The van der Waals surface area contributed by atoms with Crippen molar-refractivity contribution in [3.63, 3.8) is 0 Å². The monoisotopic (exact) mass is 573 g/mol. The number of imidazole rings is 1. The van der Waals surface area contributed by atoms with Crippen molar-refractivity contribution in [1.82, 2.24) is 29.3 Å². The number of alkyl halides is 3. The van der Waals surface area contributed by atoms with Crippen molar-refractivity contribution >= 4 is 16.8 Å². The smallest absolute Gasteiger partial charge is 0.434 e. The second kappa shape index (κ2) is 10.1. The van der Waals surface area contributed by atoms with Gasteiger partial charge in [0.05, 0.1) is 34.2 Å². The van der Waals surface area contributed by atoms with Crippen molar-refractivity contribution in [2.45, 2.75) is 6.18 Å². The van der Waals surface area contributed by atoms with Gasteiger partial charge in [-0.05, 0) is 42.5 Å². The number of aromatic nitrogens is 6. The Morgan fingerprint density at radius 1 is 0.952 bits per heavy atom. The van der Waals surface area contributed by atoms with E-state index in [0.29, 0.717) is 27.0 Å². The molecule has 6 aromatic rings. The number of aryl methyl sites for hydroxylation is 1. The molecule has 0 radical (unpaired) electrons. The summed E-state index contributed by atoms with van der Waals surface area (Å²) >= 11 is 0. The van der Waals surface area contributed by atoms with Gasteiger partial charge >= 0.3 is 6.18 Å². The van der Waals surface area contributed by atoms with Crippen LogP contribution in [0.3, 0.4) is 0 Å². The van der Waals surface area contributed by atoms with Crippen molar-refractivity contribution in [2.75, 3.05) is 0 Å². The number of hydrogen-bond acceptors (Lipinski definition) is 6. The number of nitrogens with zero attached hydrogens (tertiary/aromatic N) is 6. The van der Waals surface area contributed by atoms with E-state index in [1.807, 2.05) is 7.05 Å². The van der Waals surface area contributed by atoms with Gasteiger partial charge in [0.1, 0.15) is 17.1 Å². The quantitative estimate of drug-likeness (QED) is 0.247. The predicted molar refractivity (Wildman–Crippen MR) is 144 cm³/mol. The lowest BCUT2D eigenvalue weighted by Crippen LogP contribution is -2.21. The zero-order valence-electron chi connectivity index (χ0n) is 21.7. The van der Waals surface area contributed by atoms with Crippen LogP contribution in [0.5, 0.6) is 11.5 Å². The number of fused-ring (bicyclic) bond motifs is 1. The van der Waals surface area contributed by atoms with Gasteiger partial charge in [-0.25, -0.2) is 14.1 Å². The molecule has 13 heteroatoms. The Bertz CT molecular complexity index is 1970. The average Bonchev–Trinajstić information content (AvgIpc) is 3.59. The molecule has 42 heavy (non-hydrogen) atoms. The highest BCUT2D eigenvalue weighted by Gasteiger charge is 2.42. The highest BCUT2D eigenvalue weighted by Crippen LogP contribution is 2.39. The van der Waals surface area contributed by atoms with Crippen molar-refractivity contribution in [1.29, 1.82) is 0 Å². The fourth-order valence-electron chi connectivity index (χ4n) is 4.51. The van der Waals surface area contributed by atoms with E-state index in [1.165, 1.54) is 54.9 Å². The molecule has 0 spiro atoms. The van der Waals surface area contributed by atoms with Crippen LogP contribution in [0.4, 0.5) is 17.6 Å². The molecule has 210 valence electrons. The number of nitrogens with two attached hydrogens (primary N) is 1. The molecule has 1 amide bonds. The van der Waals surface area contributed by atoms with Crippen LogP contribution in [0.1, 0.15) is 16.1 Å². The SMILES string of the molecule is Cn1cnc(-c2cc3nccc(Oc4ccc(-c5nn(-c6ccccc6)c(C(F)(F)F)c5C(N)=O)cc4F)c3cn2)c1. The largest absolute Gasteiger partial charge is 0.453 e. The van der Waals surface area contributed by atoms with Crippen molar-refractivity contribution in [2.24, 2.45) is 12.8 Å². The minimum atomic E-state index is -4.99. The number of para-hydroxylation sites is 1. The van der Waals surface area contributed by atoms with Gasteiger partial charge in [0.25, 0.3) is 5.91 Å². The Balaban J connectivity index is 1.39. The molecule has 0 saturated carbocycles. The van der Waals surface area contributed by atoms with E-state index in [9.17, 15) is 18.0 Å². The average molecular weight is 574 g/mol. The Labute approximate surface area is 234 Å². The number of carbonyl (C=O) groups is 1. The first-order chi connectivity index (χ1) is 20.1. The summed E-state index contributed by atoms with van der Waals surface area (Å²) in [6, 6.07) is 14.1. The fourth-order valence-corrected chi connectivity index (χ4v) is 4.51. The number of pyridine rings is 2. The number of primary amides is 1. The summed E-state index contributed by atoms with van der Waals surface area (Å²) in [6.07, 6.45) is 1.47. The van der Waals surface area contributed by atoms with Gasteiger partial charge in [-0.2, -0.15) is 18.3 Å². The van der Waals surface area contributed by atoms with Gasteiger partial charge in [-0.3, -0.25) is 14.8 Å². The Morgan fingerprint density at radius 3 is 2.40 bits per heavy atom. The van der Waals surface area contributed by atoms with Crippen LogP contribution < -0.4 is 10.5 Å². The first kappa shape index (κ1) is 26.6. The van der Waals surface area contributed by atoms with E-state index in [0.717, 1.165) is 6.07 Å². The van der Waals surface area contributed by atoms with E-state index in [1.54, 1.807) is 29.2 Å². The molecule has 0 fully saturated rings. The Morgan fingerprint density at radius 2 is 1.74 bits per heavy atom. The summed E-state index contributed by atoms with van der Waals surface area (Å²) in [5, 5.41) is 4.53. The number of carbonyl (C=O) groups excluding carboxylic acids is 1. The predicted octanol–water partition coefficient (Wildman–Crippen LogP) is 5.93. The number of halogens is 4. The van der Waals surface area contributed by atoms with E-state index in [2.05, 4.69) is 20.1 Å². The molecule has 0 atom stereocenters. The standard InChI is InChI=1S/C29H19F4N7O2/c1-39-14-22(37-15-39)21-12-20-18(13-36-21)23(9-10-35-20)42-24-8-7-16(11-19(24)30)26-25(28(34)41)27(29(31,32)33)40(38-26)17-5-3-2-4-6-17/h2-15H,1H3,(H2,34,41). The minimum Gasteiger partial charge on any atom is -0.453 e. The molecule has 0 saturated heterocycles. The van der Waals surface area contributed by atoms with E-state index in [-0.39, 0.29) is 22.7 Å². The van der Waals surface area contributed by atoms with Crippen LogP contribution in [0.2, 0.25) is 0 Å². The number of amides is 1. The van der Waals surface area contributed by atoms with Crippen molar-refractivity contribution in [3.8, 4) is 39.8 Å². The zero-order chi connectivity index (χ0) is 29.6. The molecule has 4 heterocycles. The summed E-state index contributed by atoms with van der Waals surface area (Å²) in [5.41, 5.74) is 4.41. The third-order valence-corrected chi connectivity index (χ3v) is 6.38. The zero-order valence-corrected chi connectivity index (χ0v) is 21.7. The summed E-state index contributed by atoms with van der Waals surface area (Å²) in [6.45, 7) is 0. The third-order valence-electron chi connectivity index (χ3n) is 6.38.